The smallest absolute Gasteiger partial charge is 0.252 e. The number of rotatable bonds is 7. The summed E-state index contributed by atoms with van der Waals surface area (Å²) in [5.41, 5.74) is -0.120. The van der Waals surface area contributed by atoms with Crippen LogP contribution in [-0.4, -0.2) is 42.0 Å². The second-order valence-corrected chi connectivity index (χ2v) is 10.7. The Balaban J connectivity index is 2.01. The largest absolute Gasteiger partial charge is 0.326 e. The zero-order valence-electron chi connectivity index (χ0n) is 18.8. The van der Waals surface area contributed by atoms with Gasteiger partial charge in [-0.05, 0) is 68.8 Å². The molecule has 0 aromatic heterocycles. The van der Waals surface area contributed by atoms with Crippen molar-refractivity contribution in [3.05, 3.63) is 53.6 Å². The summed E-state index contributed by atoms with van der Waals surface area (Å²) in [7, 11) is -4.13. The Morgan fingerprint density at radius 2 is 1.70 bits per heavy atom. The molecule has 8 nitrogen and oxygen atoms in total. The average Bonchev–Trinajstić information content (AvgIpc) is 3.01. The van der Waals surface area contributed by atoms with Gasteiger partial charge in [0.2, 0.25) is 21.8 Å². The van der Waals surface area contributed by atoms with Gasteiger partial charge in [0.1, 0.15) is 6.04 Å². The van der Waals surface area contributed by atoms with Gasteiger partial charge >= 0.3 is 0 Å². The lowest BCUT2D eigenvalue weighted by molar-refractivity contribution is -0.123. The van der Waals surface area contributed by atoms with Crippen LogP contribution in [0.1, 0.15) is 40.5 Å². The number of halogens is 1. The molecule has 0 aliphatic carbocycles. The molecule has 1 unspecified atom stereocenters. The highest BCUT2D eigenvalue weighted by atomic mass is 35.5. The molecule has 0 saturated carbocycles. The van der Waals surface area contributed by atoms with Crippen LogP contribution >= 0.6 is 11.6 Å². The monoisotopic (exact) mass is 491 g/mol. The molecule has 10 heteroatoms. The first-order valence-electron chi connectivity index (χ1n) is 10.4. The fourth-order valence-corrected chi connectivity index (χ4v) is 5.87. The number of hydrogen-bond donors (Lipinski definition) is 1. The molecule has 1 fully saturated rings. The standard InChI is InChI=1S/C23H26ClN3O5S/c1-5-23(3,4)27(33(31,32)19-12-6-16(24)7-13-19)20-14-21(29)26(22(20)30)18-10-8-17(9-11-18)25-15(2)28/h6-13,20H,5,14H2,1-4H3,(H,25,28). The third-order valence-electron chi connectivity index (χ3n) is 5.68. The summed E-state index contributed by atoms with van der Waals surface area (Å²) in [6, 6.07) is 10.7. The summed E-state index contributed by atoms with van der Waals surface area (Å²) in [5, 5.41) is 3.00. The van der Waals surface area contributed by atoms with E-state index in [4.69, 9.17) is 11.6 Å². The van der Waals surface area contributed by atoms with Gasteiger partial charge in [-0.1, -0.05) is 18.5 Å². The molecule has 0 spiro atoms. The van der Waals surface area contributed by atoms with Gasteiger partial charge in [-0.25, -0.2) is 13.3 Å². The Morgan fingerprint density at radius 1 is 1.12 bits per heavy atom. The van der Waals surface area contributed by atoms with E-state index in [1.165, 1.54) is 43.3 Å². The van der Waals surface area contributed by atoms with Gasteiger partial charge in [0.15, 0.2) is 0 Å². The molecule has 2 aromatic rings. The molecule has 1 N–H and O–H groups in total. The predicted molar refractivity (Wildman–Crippen MR) is 126 cm³/mol. The lowest BCUT2D eigenvalue weighted by atomic mass is 10.00. The number of carbonyl (C=O) groups excluding carboxylic acids is 3. The molecule has 1 atom stereocenters. The Labute approximate surface area is 198 Å². The summed E-state index contributed by atoms with van der Waals surface area (Å²) >= 11 is 5.92. The first kappa shape index (κ1) is 24.9. The minimum absolute atomic E-state index is 0.00761. The third-order valence-corrected chi connectivity index (χ3v) is 8.07. The SMILES string of the molecule is CCC(C)(C)N(C1CC(=O)N(c2ccc(NC(C)=O)cc2)C1=O)S(=O)(=O)c1ccc(Cl)cc1. The van der Waals surface area contributed by atoms with Crippen LogP contribution in [-0.2, 0) is 24.4 Å². The van der Waals surface area contributed by atoms with Crippen LogP contribution < -0.4 is 10.2 Å². The Morgan fingerprint density at radius 3 is 2.21 bits per heavy atom. The molecule has 33 heavy (non-hydrogen) atoms. The van der Waals surface area contributed by atoms with Gasteiger partial charge < -0.3 is 5.32 Å². The van der Waals surface area contributed by atoms with Crippen LogP contribution in [0.4, 0.5) is 11.4 Å². The lowest BCUT2D eigenvalue weighted by Gasteiger charge is -2.39. The van der Waals surface area contributed by atoms with Crippen molar-refractivity contribution in [3.8, 4) is 0 Å². The van der Waals surface area contributed by atoms with E-state index in [0.717, 1.165) is 9.21 Å². The summed E-state index contributed by atoms with van der Waals surface area (Å²) in [4.78, 5) is 38.5. The molecular weight excluding hydrogens is 466 g/mol. The maximum absolute atomic E-state index is 13.6. The van der Waals surface area contributed by atoms with E-state index in [1.807, 2.05) is 6.92 Å². The van der Waals surface area contributed by atoms with Crippen molar-refractivity contribution in [2.24, 2.45) is 0 Å². The van der Waals surface area contributed by atoms with Crippen molar-refractivity contribution < 1.29 is 22.8 Å². The fourth-order valence-electron chi connectivity index (χ4n) is 3.76. The number of carbonyl (C=O) groups is 3. The van der Waals surface area contributed by atoms with E-state index in [-0.39, 0.29) is 17.2 Å². The van der Waals surface area contributed by atoms with E-state index >= 15 is 0 Å². The minimum atomic E-state index is -4.13. The molecule has 1 heterocycles. The molecular formula is C23H26ClN3O5S. The van der Waals surface area contributed by atoms with Crippen LogP contribution in [0.25, 0.3) is 0 Å². The highest BCUT2D eigenvalue weighted by molar-refractivity contribution is 7.89. The lowest BCUT2D eigenvalue weighted by Crippen LogP contribution is -2.55. The first-order valence-corrected chi connectivity index (χ1v) is 12.2. The van der Waals surface area contributed by atoms with Crippen molar-refractivity contribution in [3.63, 3.8) is 0 Å². The molecule has 0 radical (unpaired) electrons. The quantitative estimate of drug-likeness (QED) is 0.593. The van der Waals surface area contributed by atoms with Crippen LogP contribution in [0.15, 0.2) is 53.4 Å². The number of anilines is 2. The Hall–Kier alpha value is -2.75. The number of nitrogens with zero attached hydrogens (tertiary/aromatic N) is 2. The Kier molecular flexibility index (Phi) is 6.97. The summed E-state index contributed by atoms with van der Waals surface area (Å²) in [5.74, 6) is -1.37. The van der Waals surface area contributed by atoms with Crippen molar-refractivity contribution in [1.29, 1.82) is 0 Å². The van der Waals surface area contributed by atoms with Crippen molar-refractivity contribution >= 4 is 50.7 Å². The molecule has 1 aliphatic heterocycles. The number of nitrogens with one attached hydrogen (secondary N) is 1. The van der Waals surface area contributed by atoms with Crippen molar-refractivity contribution in [1.82, 2.24) is 4.31 Å². The second kappa shape index (κ2) is 9.24. The summed E-state index contributed by atoms with van der Waals surface area (Å²) in [6.07, 6.45) is 0.145. The van der Waals surface area contributed by atoms with Gasteiger partial charge in [-0.15, -0.1) is 0 Å². The number of sulfonamides is 1. The van der Waals surface area contributed by atoms with E-state index in [2.05, 4.69) is 5.32 Å². The van der Waals surface area contributed by atoms with Gasteiger partial charge in [0.25, 0.3) is 5.91 Å². The van der Waals surface area contributed by atoms with E-state index in [1.54, 1.807) is 26.0 Å². The maximum Gasteiger partial charge on any atom is 0.252 e. The van der Waals surface area contributed by atoms with E-state index < -0.39 is 33.4 Å². The normalized spacial score (nSPS) is 17.0. The summed E-state index contributed by atoms with van der Waals surface area (Å²) in [6.45, 7) is 6.65. The van der Waals surface area contributed by atoms with Gasteiger partial charge in [-0.2, -0.15) is 4.31 Å². The minimum Gasteiger partial charge on any atom is -0.326 e. The highest BCUT2D eigenvalue weighted by Crippen LogP contribution is 2.36. The predicted octanol–water partition coefficient (Wildman–Crippen LogP) is 3.81. The third kappa shape index (κ3) is 4.95. The van der Waals surface area contributed by atoms with Crippen LogP contribution in [0, 0.1) is 0 Å². The molecule has 3 amide bonds. The van der Waals surface area contributed by atoms with Gasteiger partial charge in [-0.3, -0.25) is 14.4 Å². The van der Waals surface area contributed by atoms with Crippen LogP contribution in [0.5, 0.6) is 0 Å². The molecule has 1 saturated heterocycles. The zero-order valence-corrected chi connectivity index (χ0v) is 20.4. The second-order valence-electron chi connectivity index (χ2n) is 8.44. The molecule has 3 rings (SSSR count). The first-order chi connectivity index (χ1) is 15.4. The van der Waals surface area contributed by atoms with Gasteiger partial charge in [0.05, 0.1) is 17.0 Å². The molecule has 0 bridgehead atoms. The molecule has 176 valence electrons. The topological polar surface area (TPSA) is 104 Å². The molecule has 1 aliphatic rings. The van der Waals surface area contributed by atoms with E-state index in [9.17, 15) is 22.8 Å². The van der Waals surface area contributed by atoms with Crippen LogP contribution in [0.2, 0.25) is 5.02 Å². The highest BCUT2D eigenvalue weighted by Gasteiger charge is 2.51. The average molecular weight is 492 g/mol. The fraction of sp³-hybridized carbons (Fsp3) is 0.348. The van der Waals surface area contributed by atoms with E-state index in [0.29, 0.717) is 22.8 Å². The number of hydrogen-bond acceptors (Lipinski definition) is 5. The number of amides is 3. The zero-order chi connectivity index (χ0) is 24.6. The van der Waals surface area contributed by atoms with Crippen molar-refractivity contribution in [2.75, 3.05) is 10.2 Å². The van der Waals surface area contributed by atoms with Crippen LogP contribution in [0.3, 0.4) is 0 Å². The van der Waals surface area contributed by atoms with Crippen molar-refractivity contribution in [2.45, 2.75) is 57.0 Å². The molecule has 2 aromatic carbocycles. The Bertz CT molecular complexity index is 1180. The van der Waals surface area contributed by atoms with Gasteiger partial charge in [0, 0.05) is 23.2 Å². The number of imide groups is 1. The summed E-state index contributed by atoms with van der Waals surface area (Å²) < 4.78 is 28.4. The maximum atomic E-state index is 13.6. The number of benzene rings is 2.